The molecule has 3 aromatic carbocycles. The lowest BCUT2D eigenvalue weighted by Crippen LogP contribution is -2.24. The number of allylic oxidation sites excluding steroid dienone is 1. The number of imidazole rings is 1. The van der Waals surface area contributed by atoms with Crippen LogP contribution < -0.4 is 19.1 Å². The van der Waals surface area contributed by atoms with Gasteiger partial charge in [0, 0.05) is 24.6 Å². The highest BCUT2D eigenvalue weighted by Gasteiger charge is 2.34. The molecule has 1 atom stereocenters. The van der Waals surface area contributed by atoms with Gasteiger partial charge in [-0.15, -0.1) is 0 Å². The van der Waals surface area contributed by atoms with Crippen LogP contribution in [0.2, 0.25) is 0 Å². The number of fused-ring (bicyclic) bond motifs is 1. The smallest absolute Gasteiger partial charge is 0.227 e. The van der Waals surface area contributed by atoms with Crippen LogP contribution in [0.5, 0.6) is 17.2 Å². The molecule has 1 saturated heterocycles. The molecule has 1 amide bonds. The Bertz CT molecular complexity index is 1420. The second kappa shape index (κ2) is 10.8. The van der Waals surface area contributed by atoms with E-state index in [0.29, 0.717) is 37.6 Å². The van der Waals surface area contributed by atoms with E-state index in [1.54, 1.807) is 14.2 Å². The van der Waals surface area contributed by atoms with E-state index in [1.165, 1.54) is 0 Å². The highest BCUT2D eigenvalue weighted by molar-refractivity contribution is 5.96. The van der Waals surface area contributed by atoms with Crippen molar-refractivity contribution in [3.8, 4) is 17.2 Å². The fourth-order valence-electron chi connectivity index (χ4n) is 4.88. The Morgan fingerprint density at radius 2 is 1.81 bits per heavy atom. The number of benzene rings is 3. The van der Waals surface area contributed by atoms with Gasteiger partial charge in [-0.1, -0.05) is 30.4 Å². The van der Waals surface area contributed by atoms with Crippen molar-refractivity contribution < 1.29 is 19.0 Å². The lowest BCUT2D eigenvalue weighted by atomic mass is 10.1. The van der Waals surface area contributed by atoms with Crippen molar-refractivity contribution in [1.82, 2.24) is 9.55 Å². The second-order valence-electron chi connectivity index (χ2n) is 8.97. The topological polar surface area (TPSA) is 65.8 Å². The van der Waals surface area contributed by atoms with Crippen LogP contribution in [0.4, 0.5) is 5.69 Å². The number of ether oxygens (including phenoxy) is 3. The summed E-state index contributed by atoms with van der Waals surface area (Å²) in [4.78, 5) is 19.8. The van der Waals surface area contributed by atoms with Gasteiger partial charge < -0.3 is 23.7 Å². The van der Waals surface area contributed by atoms with E-state index in [1.807, 2.05) is 84.6 Å². The standard InChI is InChI=1S/C30H31N3O4/c1-4-7-21-10-15-27(28(18-21)36-3)37-17-16-32-26-9-6-5-8-25(26)31-30(32)22-19-29(34)33(20-22)23-11-13-24(35-2)14-12-23/h4-15,18,22H,16-17,19-20H2,1-3H3/b7-4+/t22-/m0/s1. The number of methoxy groups -OCH3 is 2. The Balaban J connectivity index is 1.37. The molecule has 37 heavy (non-hydrogen) atoms. The Kier molecular flexibility index (Phi) is 7.12. The summed E-state index contributed by atoms with van der Waals surface area (Å²) in [7, 11) is 3.28. The van der Waals surface area contributed by atoms with E-state index >= 15 is 0 Å². The maximum absolute atomic E-state index is 13.0. The summed E-state index contributed by atoms with van der Waals surface area (Å²) in [5.41, 5.74) is 3.88. The number of amides is 1. The summed E-state index contributed by atoms with van der Waals surface area (Å²) in [6.07, 6.45) is 4.43. The van der Waals surface area contributed by atoms with E-state index < -0.39 is 0 Å². The number of carbonyl (C=O) groups is 1. The van der Waals surface area contributed by atoms with Gasteiger partial charge in [-0.2, -0.15) is 0 Å². The van der Waals surface area contributed by atoms with E-state index in [2.05, 4.69) is 10.6 Å². The summed E-state index contributed by atoms with van der Waals surface area (Å²) >= 11 is 0. The van der Waals surface area contributed by atoms with Crippen LogP contribution in [0.25, 0.3) is 17.1 Å². The van der Waals surface area contributed by atoms with Crippen LogP contribution in [0.3, 0.4) is 0 Å². The van der Waals surface area contributed by atoms with Gasteiger partial charge in [0.15, 0.2) is 11.5 Å². The summed E-state index contributed by atoms with van der Waals surface area (Å²) in [6, 6.07) is 21.6. The van der Waals surface area contributed by atoms with Gasteiger partial charge in [-0.3, -0.25) is 4.79 Å². The van der Waals surface area contributed by atoms with E-state index in [4.69, 9.17) is 19.2 Å². The van der Waals surface area contributed by atoms with Gasteiger partial charge in [-0.25, -0.2) is 4.98 Å². The number of anilines is 1. The van der Waals surface area contributed by atoms with Crippen molar-refractivity contribution in [2.75, 3.05) is 32.3 Å². The Hall–Kier alpha value is -4.26. The maximum atomic E-state index is 13.0. The van der Waals surface area contributed by atoms with Crippen molar-refractivity contribution in [1.29, 1.82) is 0 Å². The van der Waals surface area contributed by atoms with Crippen LogP contribution in [0.1, 0.15) is 30.7 Å². The lowest BCUT2D eigenvalue weighted by molar-refractivity contribution is -0.117. The number of aromatic nitrogens is 2. The van der Waals surface area contributed by atoms with Crippen molar-refractivity contribution >= 4 is 28.7 Å². The number of carbonyl (C=O) groups excluding carboxylic acids is 1. The van der Waals surface area contributed by atoms with Crippen LogP contribution in [-0.4, -0.2) is 42.8 Å². The largest absolute Gasteiger partial charge is 0.497 e. The molecule has 0 radical (unpaired) electrons. The third-order valence-corrected chi connectivity index (χ3v) is 6.68. The number of hydrogen-bond acceptors (Lipinski definition) is 5. The molecule has 0 N–H and O–H groups in total. The predicted octanol–water partition coefficient (Wildman–Crippen LogP) is 5.69. The third-order valence-electron chi connectivity index (χ3n) is 6.68. The fraction of sp³-hybridized carbons (Fsp3) is 0.267. The molecule has 5 rings (SSSR count). The predicted molar refractivity (Wildman–Crippen MR) is 146 cm³/mol. The number of rotatable bonds is 9. The van der Waals surface area contributed by atoms with Crippen LogP contribution in [0.15, 0.2) is 72.8 Å². The fourth-order valence-corrected chi connectivity index (χ4v) is 4.88. The van der Waals surface area contributed by atoms with E-state index in [0.717, 1.165) is 33.9 Å². The molecule has 4 aromatic rings. The van der Waals surface area contributed by atoms with Gasteiger partial charge in [-0.05, 0) is 61.0 Å². The molecular formula is C30H31N3O4. The average Bonchev–Trinajstić information content (AvgIpc) is 3.50. The van der Waals surface area contributed by atoms with E-state index in [-0.39, 0.29) is 11.8 Å². The zero-order chi connectivity index (χ0) is 25.8. The molecule has 1 fully saturated rings. The summed E-state index contributed by atoms with van der Waals surface area (Å²) in [5, 5.41) is 0. The quantitative estimate of drug-likeness (QED) is 0.297. The van der Waals surface area contributed by atoms with Crippen LogP contribution in [0, 0.1) is 0 Å². The highest BCUT2D eigenvalue weighted by Crippen LogP contribution is 2.34. The highest BCUT2D eigenvalue weighted by atomic mass is 16.5. The first-order chi connectivity index (χ1) is 18.1. The molecule has 1 aliphatic heterocycles. The van der Waals surface area contributed by atoms with Gasteiger partial charge in [0.2, 0.25) is 5.91 Å². The molecule has 7 nitrogen and oxygen atoms in total. The molecule has 2 heterocycles. The minimum Gasteiger partial charge on any atom is -0.497 e. The van der Waals surface area contributed by atoms with Crippen molar-refractivity contribution in [2.45, 2.75) is 25.8 Å². The Labute approximate surface area is 216 Å². The van der Waals surface area contributed by atoms with Crippen molar-refractivity contribution in [2.24, 2.45) is 0 Å². The summed E-state index contributed by atoms with van der Waals surface area (Å²) in [6.45, 7) is 3.60. The number of para-hydroxylation sites is 2. The van der Waals surface area contributed by atoms with Crippen LogP contribution >= 0.6 is 0 Å². The van der Waals surface area contributed by atoms with Crippen LogP contribution in [-0.2, 0) is 11.3 Å². The van der Waals surface area contributed by atoms with E-state index in [9.17, 15) is 4.79 Å². The van der Waals surface area contributed by atoms with Gasteiger partial charge in [0.05, 0.1) is 31.8 Å². The van der Waals surface area contributed by atoms with Crippen molar-refractivity contribution in [3.05, 3.63) is 84.2 Å². The molecule has 0 unspecified atom stereocenters. The minimum absolute atomic E-state index is 0.0170. The number of hydrogen-bond donors (Lipinski definition) is 0. The Morgan fingerprint density at radius 3 is 2.57 bits per heavy atom. The summed E-state index contributed by atoms with van der Waals surface area (Å²) < 4.78 is 19.1. The van der Waals surface area contributed by atoms with Gasteiger partial charge >= 0.3 is 0 Å². The minimum atomic E-state index is -0.0170. The molecule has 0 spiro atoms. The maximum Gasteiger partial charge on any atom is 0.227 e. The molecule has 1 aromatic heterocycles. The molecule has 0 saturated carbocycles. The first-order valence-electron chi connectivity index (χ1n) is 12.4. The second-order valence-corrected chi connectivity index (χ2v) is 8.97. The van der Waals surface area contributed by atoms with Gasteiger partial charge in [0.25, 0.3) is 0 Å². The molecular weight excluding hydrogens is 466 g/mol. The molecule has 7 heteroatoms. The Morgan fingerprint density at radius 1 is 1.00 bits per heavy atom. The lowest BCUT2D eigenvalue weighted by Gasteiger charge is -2.18. The summed E-state index contributed by atoms with van der Waals surface area (Å²) in [5.74, 6) is 3.14. The first kappa shape index (κ1) is 24.4. The molecule has 0 aliphatic carbocycles. The molecule has 190 valence electrons. The zero-order valence-electron chi connectivity index (χ0n) is 21.4. The molecule has 0 bridgehead atoms. The SMILES string of the molecule is C/C=C/c1ccc(OCCn2c([C@H]3CC(=O)N(c4ccc(OC)cc4)C3)nc3ccccc32)c(OC)c1. The van der Waals surface area contributed by atoms with Gasteiger partial charge in [0.1, 0.15) is 18.2 Å². The monoisotopic (exact) mass is 497 g/mol. The third kappa shape index (κ3) is 5.03. The average molecular weight is 498 g/mol. The normalized spacial score (nSPS) is 15.6. The van der Waals surface area contributed by atoms with Crippen molar-refractivity contribution in [3.63, 3.8) is 0 Å². The molecule has 1 aliphatic rings. The zero-order valence-corrected chi connectivity index (χ0v) is 21.4. The first-order valence-corrected chi connectivity index (χ1v) is 12.4. The number of nitrogens with zero attached hydrogens (tertiary/aromatic N) is 3.